The maximum atomic E-state index is 13.9. The molecule has 7 heteroatoms. The molecule has 2 nitrogen and oxygen atoms in total. The van der Waals surface area contributed by atoms with Crippen molar-refractivity contribution in [2.24, 2.45) is 5.73 Å². The molecule has 0 amide bonds. The normalized spacial score (nSPS) is 10.4. The van der Waals surface area contributed by atoms with Gasteiger partial charge in [0.2, 0.25) is 0 Å². The average Bonchev–Trinajstić information content (AvgIpc) is 2.39. The highest BCUT2D eigenvalue weighted by molar-refractivity contribution is 9.10. The van der Waals surface area contributed by atoms with Crippen molar-refractivity contribution in [3.8, 4) is 0 Å². The Morgan fingerprint density at radius 3 is 2.50 bits per heavy atom. The van der Waals surface area contributed by atoms with E-state index >= 15 is 0 Å². The Morgan fingerprint density at radius 1 is 1.15 bits per heavy atom. The molecule has 0 aliphatic heterocycles. The molecule has 20 heavy (non-hydrogen) atoms. The molecule has 2 rings (SSSR count). The maximum absolute atomic E-state index is 13.9. The second kappa shape index (κ2) is 6.03. The Balaban J connectivity index is 2.42. The zero-order valence-corrected chi connectivity index (χ0v) is 13.0. The van der Waals surface area contributed by atoms with Crippen LogP contribution in [-0.2, 0) is 0 Å². The number of thiocarbonyl (C=S) groups is 1. The molecule has 0 aromatic heterocycles. The fraction of sp³-hybridized carbons (Fsp3) is 0. The molecule has 0 aliphatic rings. The molecule has 0 fully saturated rings. The molecule has 0 bridgehead atoms. The molecule has 0 radical (unpaired) electrons. The first-order valence-electron chi connectivity index (χ1n) is 5.40. The van der Waals surface area contributed by atoms with Crippen molar-refractivity contribution in [3.63, 3.8) is 0 Å². The molecule has 0 aliphatic carbocycles. The number of benzene rings is 2. The van der Waals surface area contributed by atoms with Crippen molar-refractivity contribution in [3.05, 3.63) is 57.0 Å². The van der Waals surface area contributed by atoms with Gasteiger partial charge in [-0.3, -0.25) is 0 Å². The van der Waals surface area contributed by atoms with Gasteiger partial charge in [0.1, 0.15) is 4.99 Å². The highest BCUT2D eigenvalue weighted by Gasteiger charge is 2.15. The zero-order valence-electron chi connectivity index (χ0n) is 9.88. The topological polar surface area (TPSA) is 38.0 Å². The van der Waals surface area contributed by atoms with Crippen LogP contribution in [0, 0.1) is 11.6 Å². The first-order chi connectivity index (χ1) is 9.40. The van der Waals surface area contributed by atoms with Crippen LogP contribution in [0.5, 0.6) is 0 Å². The number of nitrogens with two attached hydrogens (primary N) is 1. The molecule has 0 spiro atoms. The SMILES string of the molecule is NC(=S)c1ccc(Nc2cc(Cl)ccc2Br)c(F)c1F. The molecule has 0 saturated heterocycles. The van der Waals surface area contributed by atoms with Gasteiger partial charge in [-0.05, 0) is 46.3 Å². The smallest absolute Gasteiger partial charge is 0.182 e. The van der Waals surface area contributed by atoms with Gasteiger partial charge in [0.05, 0.1) is 11.4 Å². The summed E-state index contributed by atoms with van der Waals surface area (Å²) in [6.45, 7) is 0. The van der Waals surface area contributed by atoms with Crippen molar-refractivity contribution in [1.29, 1.82) is 0 Å². The summed E-state index contributed by atoms with van der Waals surface area (Å²) >= 11 is 13.8. The number of rotatable bonds is 3. The minimum absolute atomic E-state index is 0.0366. The van der Waals surface area contributed by atoms with Gasteiger partial charge in [0.15, 0.2) is 11.6 Å². The Bertz CT molecular complexity index is 694. The summed E-state index contributed by atoms with van der Waals surface area (Å²) < 4.78 is 28.4. The van der Waals surface area contributed by atoms with Crippen LogP contribution in [0.4, 0.5) is 20.2 Å². The van der Waals surface area contributed by atoms with E-state index in [4.69, 9.17) is 17.3 Å². The molecule has 0 atom stereocenters. The predicted octanol–water partition coefficient (Wildman–Crippen LogP) is 4.76. The number of anilines is 2. The van der Waals surface area contributed by atoms with Crippen molar-refractivity contribution < 1.29 is 8.78 Å². The molecule has 0 unspecified atom stereocenters. The summed E-state index contributed by atoms with van der Waals surface area (Å²) in [7, 11) is 0. The van der Waals surface area contributed by atoms with Gasteiger partial charge < -0.3 is 11.1 Å². The van der Waals surface area contributed by atoms with Gasteiger partial charge in [0.25, 0.3) is 0 Å². The van der Waals surface area contributed by atoms with E-state index in [0.717, 1.165) is 0 Å². The summed E-state index contributed by atoms with van der Waals surface area (Å²) in [6.07, 6.45) is 0. The van der Waals surface area contributed by atoms with E-state index < -0.39 is 11.6 Å². The quantitative estimate of drug-likeness (QED) is 0.758. The summed E-state index contributed by atoms with van der Waals surface area (Å²) in [5.74, 6) is -2.14. The fourth-order valence-corrected chi connectivity index (χ4v) is 2.25. The van der Waals surface area contributed by atoms with Crippen LogP contribution >= 0.6 is 39.7 Å². The summed E-state index contributed by atoms with van der Waals surface area (Å²) in [5, 5.41) is 3.23. The molecule has 3 N–H and O–H groups in total. The van der Waals surface area contributed by atoms with E-state index in [0.29, 0.717) is 15.2 Å². The summed E-state index contributed by atoms with van der Waals surface area (Å²) in [6, 6.07) is 7.64. The van der Waals surface area contributed by atoms with Crippen molar-refractivity contribution >= 4 is 56.1 Å². The second-order valence-corrected chi connectivity index (χ2v) is 5.63. The lowest BCUT2D eigenvalue weighted by molar-refractivity contribution is 0.510. The highest BCUT2D eigenvalue weighted by atomic mass is 79.9. The lowest BCUT2D eigenvalue weighted by Gasteiger charge is -2.12. The van der Waals surface area contributed by atoms with Crippen LogP contribution in [0.15, 0.2) is 34.8 Å². The van der Waals surface area contributed by atoms with Gasteiger partial charge in [-0.2, -0.15) is 0 Å². The van der Waals surface area contributed by atoms with E-state index in [1.165, 1.54) is 12.1 Å². The average molecular weight is 378 g/mol. The van der Waals surface area contributed by atoms with E-state index in [9.17, 15) is 8.78 Å². The molecule has 2 aromatic carbocycles. The third-order valence-corrected chi connectivity index (χ3v) is 3.69. The molecule has 0 heterocycles. The lowest BCUT2D eigenvalue weighted by atomic mass is 10.1. The van der Waals surface area contributed by atoms with Gasteiger partial charge in [-0.1, -0.05) is 23.8 Å². The van der Waals surface area contributed by atoms with Crippen LogP contribution in [0.2, 0.25) is 5.02 Å². The Labute approximate surface area is 133 Å². The van der Waals surface area contributed by atoms with E-state index in [1.807, 2.05) is 0 Å². The minimum Gasteiger partial charge on any atom is -0.389 e. The lowest BCUT2D eigenvalue weighted by Crippen LogP contribution is -2.13. The molecule has 104 valence electrons. The first-order valence-corrected chi connectivity index (χ1v) is 6.98. The van der Waals surface area contributed by atoms with Crippen molar-refractivity contribution in [2.45, 2.75) is 0 Å². The monoisotopic (exact) mass is 376 g/mol. The Kier molecular flexibility index (Phi) is 4.57. The number of hydrogen-bond donors (Lipinski definition) is 2. The summed E-state index contributed by atoms with van der Waals surface area (Å²) in [5.41, 5.74) is 5.65. The second-order valence-electron chi connectivity index (χ2n) is 3.90. The third kappa shape index (κ3) is 3.08. The van der Waals surface area contributed by atoms with Crippen LogP contribution < -0.4 is 11.1 Å². The van der Waals surface area contributed by atoms with E-state index in [-0.39, 0.29) is 16.2 Å². The highest BCUT2D eigenvalue weighted by Crippen LogP contribution is 2.31. The largest absolute Gasteiger partial charge is 0.389 e. The maximum Gasteiger partial charge on any atom is 0.182 e. The molecular weight excluding hydrogens is 370 g/mol. The standard InChI is InChI=1S/C13H8BrClF2N2S/c14-8-3-1-6(15)5-10(8)19-9-4-2-7(13(18)20)11(16)12(9)17/h1-5,19H,(H2,18,20). The van der Waals surface area contributed by atoms with Gasteiger partial charge in [-0.25, -0.2) is 8.78 Å². The molecule has 0 saturated carbocycles. The van der Waals surface area contributed by atoms with E-state index in [1.54, 1.807) is 18.2 Å². The Hall–Kier alpha value is -1.24. The van der Waals surface area contributed by atoms with Gasteiger partial charge >= 0.3 is 0 Å². The van der Waals surface area contributed by atoms with Crippen molar-refractivity contribution in [1.82, 2.24) is 0 Å². The van der Waals surface area contributed by atoms with Crippen molar-refractivity contribution in [2.75, 3.05) is 5.32 Å². The molecular formula is C13H8BrClF2N2S. The number of nitrogens with one attached hydrogen (secondary N) is 1. The van der Waals surface area contributed by atoms with E-state index in [2.05, 4.69) is 33.5 Å². The predicted molar refractivity (Wildman–Crippen MR) is 84.7 cm³/mol. The van der Waals surface area contributed by atoms with Gasteiger partial charge in [0, 0.05) is 15.1 Å². The fourth-order valence-electron chi connectivity index (χ4n) is 1.57. The van der Waals surface area contributed by atoms with Crippen LogP contribution in [0.3, 0.4) is 0 Å². The van der Waals surface area contributed by atoms with Crippen LogP contribution in [-0.4, -0.2) is 4.99 Å². The number of hydrogen-bond acceptors (Lipinski definition) is 2. The Morgan fingerprint density at radius 2 is 1.85 bits per heavy atom. The zero-order chi connectivity index (χ0) is 14.9. The van der Waals surface area contributed by atoms with Crippen LogP contribution in [0.25, 0.3) is 0 Å². The third-order valence-electron chi connectivity index (χ3n) is 2.55. The summed E-state index contributed by atoms with van der Waals surface area (Å²) in [4.78, 5) is -0.197. The first kappa shape index (κ1) is 15.2. The van der Waals surface area contributed by atoms with Crippen LogP contribution in [0.1, 0.15) is 5.56 Å². The minimum atomic E-state index is -1.08. The molecule has 2 aromatic rings. The van der Waals surface area contributed by atoms with Gasteiger partial charge in [-0.15, -0.1) is 0 Å². The number of halogens is 4.